The van der Waals surface area contributed by atoms with Gasteiger partial charge in [-0.2, -0.15) is 0 Å². The van der Waals surface area contributed by atoms with Gasteiger partial charge < -0.3 is 13.9 Å². The summed E-state index contributed by atoms with van der Waals surface area (Å²) in [5, 5.41) is 2.88. The van der Waals surface area contributed by atoms with E-state index in [1.54, 1.807) is 0 Å². The van der Waals surface area contributed by atoms with Gasteiger partial charge in [-0.05, 0) is 16.8 Å². The number of hydrogen-bond acceptors (Lipinski definition) is 6. The molecule has 4 rings (SSSR count). The number of amides is 2. The van der Waals surface area contributed by atoms with Crippen LogP contribution in [0.1, 0.15) is 5.56 Å². The highest BCUT2D eigenvalue weighted by Crippen LogP contribution is 2.30. The molecule has 0 atom stereocenters. The maximum absolute atomic E-state index is 12.1. The summed E-state index contributed by atoms with van der Waals surface area (Å²) in [6.07, 6.45) is 0.787. The molecular formula is C19H15NO6. The molecule has 1 aliphatic rings. The van der Waals surface area contributed by atoms with E-state index >= 15 is 0 Å². The topological polar surface area (TPSA) is 86.1 Å². The molecule has 0 radical (unpaired) electrons. The molecule has 132 valence electrons. The standard InChI is InChI=1S/C19H15NO6/c21-16(20-7-8-24-19(20)23)11-26-17(22)9-13-10-25-15-6-5-12-3-1-2-4-14(12)18(13)15/h1-6,10H,7-9,11H2. The van der Waals surface area contributed by atoms with Crippen LogP contribution in [0.5, 0.6) is 0 Å². The van der Waals surface area contributed by atoms with Crippen LogP contribution in [-0.4, -0.2) is 42.6 Å². The van der Waals surface area contributed by atoms with Crippen molar-refractivity contribution in [2.75, 3.05) is 19.8 Å². The zero-order valence-corrected chi connectivity index (χ0v) is 13.8. The fourth-order valence-electron chi connectivity index (χ4n) is 3.05. The first-order valence-corrected chi connectivity index (χ1v) is 8.14. The van der Waals surface area contributed by atoms with Crippen molar-refractivity contribution < 1.29 is 28.3 Å². The first-order chi connectivity index (χ1) is 12.6. The number of fused-ring (bicyclic) bond motifs is 3. The Bertz CT molecular complexity index is 1020. The summed E-state index contributed by atoms with van der Waals surface area (Å²) in [5.41, 5.74) is 1.37. The van der Waals surface area contributed by atoms with Gasteiger partial charge in [0.1, 0.15) is 12.2 Å². The Balaban J connectivity index is 1.48. The van der Waals surface area contributed by atoms with Crippen LogP contribution in [0.4, 0.5) is 4.79 Å². The van der Waals surface area contributed by atoms with Gasteiger partial charge in [-0.3, -0.25) is 9.59 Å². The molecule has 0 N–H and O–H groups in total. The monoisotopic (exact) mass is 353 g/mol. The molecule has 0 aliphatic carbocycles. The Morgan fingerprint density at radius 1 is 1.15 bits per heavy atom. The third kappa shape index (κ3) is 2.88. The fourth-order valence-corrected chi connectivity index (χ4v) is 3.05. The van der Waals surface area contributed by atoms with Gasteiger partial charge in [0.25, 0.3) is 5.91 Å². The molecule has 0 bridgehead atoms. The van der Waals surface area contributed by atoms with Gasteiger partial charge in [0.2, 0.25) is 0 Å². The predicted molar refractivity (Wildman–Crippen MR) is 91.4 cm³/mol. The molecule has 3 aromatic rings. The van der Waals surface area contributed by atoms with Crippen LogP contribution in [0.2, 0.25) is 0 Å². The van der Waals surface area contributed by atoms with E-state index in [4.69, 9.17) is 9.15 Å². The summed E-state index contributed by atoms with van der Waals surface area (Å²) < 4.78 is 15.2. The lowest BCUT2D eigenvalue weighted by atomic mass is 10.0. The van der Waals surface area contributed by atoms with Crippen molar-refractivity contribution >= 4 is 39.7 Å². The Labute approximate surface area is 148 Å². The van der Waals surface area contributed by atoms with Crippen molar-refractivity contribution in [2.45, 2.75) is 6.42 Å². The second-order valence-electron chi connectivity index (χ2n) is 5.92. The minimum atomic E-state index is -0.710. The maximum Gasteiger partial charge on any atom is 0.416 e. The normalized spacial score (nSPS) is 14.0. The van der Waals surface area contributed by atoms with E-state index < -0.39 is 24.6 Å². The highest BCUT2D eigenvalue weighted by molar-refractivity contribution is 6.08. The number of nitrogens with zero attached hydrogens (tertiary/aromatic N) is 1. The first-order valence-electron chi connectivity index (χ1n) is 8.14. The van der Waals surface area contributed by atoms with Crippen molar-refractivity contribution in [1.82, 2.24) is 4.90 Å². The molecule has 1 fully saturated rings. The summed E-state index contributed by atoms with van der Waals surface area (Å²) in [4.78, 5) is 36.3. The lowest BCUT2D eigenvalue weighted by Gasteiger charge is -2.10. The number of cyclic esters (lactones) is 1. The molecule has 0 unspecified atom stereocenters. The van der Waals surface area contributed by atoms with Crippen molar-refractivity contribution in [1.29, 1.82) is 0 Å². The third-order valence-electron chi connectivity index (χ3n) is 4.29. The Morgan fingerprint density at radius 2 is 2.00 bits per heavy atom. The van der Waals surface area contributed by atoms with E-state index in [0.717, 1.165) is 21.1 Å². The van der Waals surface area contributed by atoms with E-state index in [1.807, 2.05) is 36.4 Å². The van der Waals surface area contributed by atoms with Gasteiger partial charge in [0.15, 0.2) is 6.61 Å². The molecule has 2 amide bonds. The number of carbonyl (C=O) groups excluding carboxylic acids is 3. The number of esters is 1. The summed E-state index contributed by atoms with van der Waals surface area (Å²) in [5.74, 6) is -1.16. The Morgan fingerprint density at radius 3 is 2.81 bits per heavy atom. The van der Waals surface area contributed by atoms with E-state index in [1.165, 1.54) is 6.26 Å². The van der Waals surface area contributed by atoms with Gasteiger partial charge in [-0.1, -0.05) is 30.3 Å². The largest absolute Gasteiger partial charge is 0.464 e. The van der Waals surface area contributed by atoms with E-state index in [2.05, 4.69) is 4.74 Å². The van der Waals surface area contributed by atoms with Crippen molar-refractivity contribution in [2.24, 2.45) is 0 Å². The van der Waals surface area contributed by atoms with Gasteiger partial charge in [0, 0.05) is 10.9 Å². The van der Waals surface area contributed by atoms with Gasteiger partial charge in [-0.15, -0.1) is 0 Å². The minimum absolute atomic E-state index is 0.0290. The highest BCUT2D eigenvalue weighted by atomic mass is 16.6. The number of rotatable bonds is 4. The second kappa shape index (κ2) is 6.51. The quantitative estimate of drug-likeness (QED) is 0.670. The number of carbonyl (C=O) groups is 3. The Hall–Kier alpha value is -3.35. The smallest absolute Gasteiger partial charge is 0.416 e. The molecule has 2 heterocycles. The second-order valence-corrected chi connectivity index (χ2v) is 5.92. The first kappa shape index (κ1) is 16.1. The van der Waals surface area contributed by atoms with E-state index in [9.17, 15) is 14.4 Å². The average molecular weight is 353 g/mol. The predicted octanol–water partition coefficient (Wildman–Crippen LogP) is 2.65. The molecule has 0 saturated carbocycles. The third-order valence-corrected chi connectivity index (χ3v) is 4.29. The van der Waals surface area contributed by atoms with Crippen LogP contribution in [0, 0.1) is 0 Å². The summed E-state index contributed by atoms with van der Waals surface area (Å²) >= 11 is 0. The Kier molecular flexibility index (Phi) is 4.04. The average Bonchev–Trinajstić information content (AvgIpc) is 3.26. The van der Waals surface area contributed by atoms with E-state index in [0.29, 0.717) is 11.1 Å². The van der Waals surface area contributed by atoms with Crippen molar-refractivity contribution in [3.63, 3.8) is 0 Å². The molecule has 26 heavy (non-hydrogen) atoms. The van der Waals surface area contributed by atoms with E-state index in [-0.39, 0.29) is 19.6 Å². The summed E-state index contributed by atoms with van der Waals surface area (Å²) in [6.45, 7) is -0.162. The number of furan rings is 1. The zero-order chi connectivity index (χ0) is 18.1. The highest BCUT2D eigenvalue weighted by Gasteiger charge is 2.29. The number of benzene rings is 2. The SMILES string of the molecule is O=C(Cc1coc2ccc3ccccc3c12)OCC(=O)N1CCOC1=O. The molecule has 2 aromatic carbocycles. The molecule has 0 spiro atoms. The lowest BCUT2D eigenvalue weighted by Crippen LogP contribution is -2.35. The van der Waals surface area contributed by atoms with Crippen LogP contribution < -0.4 is 0 Å². The summed E-state index contributed by atoms with van der Waals surface area (Å²) in [7, 11) is 0. The van der Waals surface area contributed by atoms with Gasteiger partial charge in [-0.25, -0.2) is 9.69 Å². The molecular weight excluding hydrogens is 338 g/mol. The van der Waals surface area contributed by atoms with Crippen LogP contribution in [0.25, 0.3) is 21.7 Å². The molecule has 1 aromatic heterocycles. The van der Waals surface area contributed by atoms with Crippen molar-refractivity contribution in [3.05, 3.63) is 48.2 Å². The van der Waals surface area contributed by atoms with Gasteiger partial charge >= 0.3 is 12.1 Å². The minimum Gasteiger partial charge on any atom is -0.464 e. The lowest BCUT2D eigenvalue weighted by molar-refractivity contribution is -0.150. The van der Waals surface area contributed by atoms with Crippen molar-refractivity contribution in [3.8, 4) is 0 Å². The number of ether oxygens (including phenoxy) is 2. The number of imide groups is 1. The maximum atomic E-state index is 12.1. The molecule has 1 saturated heterocycles. The molecule has 1 aliphatic heterocycles. The van der Waals surface area contributed by atoms with Crippen LogP contribution in [0.15, 0.2) is 47.1 Å². The zero-order valence-electron chi connectivity index (χ0n) is 13.8. The van der Waals surface area contributed by atoms with Crippen LogP contribution in [-0.2, 0) is 25.5 Å². The molecule has 7 nitrogen and oxygen atoms in total. The summed E-state index contributed by atoms with van der Waals surface area (Å²) in [6, 6.07) is 11.6. The van der Waals surface area contributed by atoms with Gasteiger partial charge in [0.05, 0.1) is 19.2 Å². The number of hydrogen-bond donors (Lipinski definition) is 0. The van der Waals surface area contributed by atoms with Crippen LogP contribution in [0.3, 0.4) is 0 Å². The fraction of sp³-hybridized carbons (Fsp3) is 0.211. The van der Waals surface area contributed by atoms with Crippen LogP contribution >= 0.6 is 0 Å². The molecule has 7 heteroatoms.